The Kier molecular flexibility index (Phi) is 4.12. The number of rotatable bonds is 5. The van der Waals surface area contributed by atoms with Gasteiger partial charge in [0.2, 0.25) is 5.91 Å². The fraction of sp³-hybridized carbons (Fsp3) is 0.750. The smallest absolute Gasteiger partial charge is 0.312 e. The summed E-state index contributed by atoms with van der Waals surface area (Å²) in [7, 11) is 0. The number of hydrogen-bond acceptors (Lipinski definition) is 4. The highest BCUT2D eigenvalue weighted by atomic mass is 16.6. The second-order valence-corrected chi connectivity index (χ2v) is 7.13. The van der Waals surface area contributed by atoms with Crippen molar-refractivity contribution >= 4 is 11.6 Å². The van der Waals surface area contributed by atoms with Crippen LogP contribution in [-0.4, -0.2) is 26.7 Å². The van der Waals surface area contributed by atoms with E-state index in [1.54, 1.807) is 13.8 Å². The predicted octanol–water partition coefficient (Wildman–Crippen LogP) is 2.35. The number of aryl methyl sites for hydroxylation is 1. The molecule has 3 rings (SSSR count). The van der Waals surface area contributed by atoms with E-state index in [9.17, 15) is 14.9 Å². The minimum atomic E-state index is -0.441. The number of carbonyl (C=O) groups excluding carboxylic acids is 1. The van der Waals surface area contributed by atoms with E-state index in [2.05, 4.69) is 17.3 Å². The molecular formula is C16H24N4O3. The van der Waals surface area contributed by atoms with Crippen molar-refractivity contribution in [2.75, 3.05) is 0 Å². The van der Waals surface area contributed by atoms with Gasteiger partial charge in [-0.25, -0.2) is 0 Å². The molecule has 0 radical (unpaired) electrons. The molecule has 2 aliphatic rings. The highest BCUT2D eigenvalue weighted by Gasteiger charge is 2.42. The number of carbonyl (C=O) groups is 1. The summed E-state index contributed by atoms with van der Waals surface area (Å²) < 4.78 is 1.43. The third-order valence-electron chi connectivity index (χ3n) is 5.64. The Hall–Kier alpha value is -1.92. The lowest BCUT2D eigenvalue weighted by Gasteiger charge is -2.28. The molecule has 2 aliphatic carbocycles. The van der Waals surface area contributed by atoms with Crippen molar-refractivity contribution in [2.45, 2.75) is 59.0 Å². The average Bonchev–Trinajstić information content (AvgIpc) is 3.14. The zero-order chi connectivity index (χ0) is 16.7. The van der Waals surface area contributed by atoms with Gasteiger partial charge in [-0.05, 0) is 57.8 Å². The highest BCUT2D eigenvalue weighted by molar-refractivity contribution is 5.76. The topological polar surface area (TPSA) is 90.1 Å². The Labute approximate surface area is 135 Å². The third kappa shape index (κ3) is 2.96. The van der Waals surface area contributed by atoms with E-state index in [1.807, 2.05) is 0 Å². The van der Waals surface area contributed by atoms with Gasteiger partial charge in [-0.15, -0.1) is 0 Å². The molecule has 7 heteroatoms. The van der Waals surface area contributed by atoms with Gasteiger partial charge in [-0.1, -0.05) is 6.42 Å². The summed E-state index contributed by atoms with van der Waals surface area (Å²) in [6, 6.07) is 0.157. The van der Waals surface area contributed by atoms with Crippen LogP contribution in [0, 0.1) is 41.7 Å². The summed E-state index contributed by atoms with van der Waals surface area (Å²) in [6.07, 6.45) is 5.17. The first-order valence-electron chi connectivity index (χ1n) is 8.34. The molecule has 0 spiro atoms. The van der Waals surface area contributed by atoms with Crippen LogP contribution in [0.3, 0.4) is 0 Å². The second kappa shape index (κ2) is 5.94. The molecule has 4 unspecified atom stereocenters. The molecule has 1 aromatic heterocycles. The van der Waals surface area contributed by atoms with E-state index >= 15 is 0 Å². The number of nitrogens with zero attached hydrogens (tertiary/aromatic N) is 3. The normalized spacial score (nSPS) is 27.2. The van der Waals surface area contributed by atoms with E-state index < -0.39 is 4.92 Å². The molecule has 1 amide bonds. The number of fused-ring (bicyclic) bond motifs is 2. The molecule has 2 saturated carbocycles. The zero-order valence-electron chi connectivity index (χ0n) is 13.9. The summed E-state index contributed by atoms with van der Waals surface area (Å²) in [5.74, 6) is 2.06. The van der Waals surface area contributed by atoms with Crippen LogP contribution in [-0.2, 0) is 11.3 Å². The third-order valence-corrected chi connectivity index (χ3v) is 5.64. The SMILES string of the molecule is Cc1nn(CC(=O)NC(C)C2CC3CCC2C3)c(C)c1[N+](=O)[O-]. The number of hydrogen-bond donors (Lipinski definition) is 1. The molecule has 2 fully saturated rings. The molecule has 23 heavy (non-hydrogen) atoms. The molecule has 1 N–H and O–H groups in total. The van der Waals surface area contributed by atoms with Crippen LogP contribution in [0.4, 0.5) is 5.69 Å². The van der Waals surface area contributed by atoms with Crippen LogP contribution in [0.2, 0.25) is 0 Å². The molecule has 1 heterocycles. The lowest BCUT2D eigenvalue weighted by molar-refractivity contribution is -0.386. The summed E-state index contributed by atoms with van der Waals surface area (Å²) >= 11 is 0. The Balaban J connectivity index is 1.61. The number of nitro groups is 1. The Morgan fingerprint density at radius 2 is 2.17 bits per heavy atom. The minimum absolute atomic E-state index is 0.000971. The van der Waals surface area contributed by atoms with Crippen molar-refractivity contribution < 1.29 is 9.72 Å². The lowest BCUT2D eigenvalue weighted by Crippen LogP contribution is -2.41. The maximum Gasteiger partial charge on any atom is 0.312 e. The quantitative estimate of drug-likeness (QED) is 0.666. The summed E-state index contributed by atoms with van der Waals surface area (Å²) in [5, 5.41) is 18.2. The number of nitrogens with one attached hydrogen (secondary N) is 1. The van der Waals surface area contributed by atoms with Gasteiger partial charge in [0.15, 0.2) is 0 Å². The van der Waals surface area contributed by atoms with Crippen LogP contribution in [0.15, 0.2) is 0 Å². The van der Waals surface area contributed by atoms with Crippen molar-refractivity contribution in [3.8, 4) is 0 Å². The molecule has 0 aromatic carbocycles. The maximum atomic E-state index is 12.3. The highest BCUT2D eigenvalue weighted by Crippen LogP contribution is 2.49. The first-order chi connectivity index (χ1) is 10.9. The Bertz CT molecular complexity index is 640. The summed E-state index contributed by atoms with van der Waals surface area (Å²) in [6.45, 7) is 5.33. The number of aromatic nitrogens is 2. The van der Waals surface area contributed by atoms with Crippen molar-refractivity contribution in [2.24, 2.45) is 17.8 Å². The number of amides is 1. The van der Waals surface area contributed by atoms with Crippen molar-refractivity contribution in [1.29, 1.82) is 0 Å². The van der Waals surface area contributed by atoms with Gasteiger partial charge in [0.25, 0.3) is 0 Å². The molecular weight excluding hydrogens is 296 g/mol. The first kappa shape index (κ1) is 16.0. The van der Waals surface area contributed by atoms with Gasteiger partial charge in [0.1, 0.15) is 17.9 Å². The molecule has 1 aromatic rings. The summed E-state index contributed by atoms with van der Waals surface area (Å²) in [5.41, 5.74) is 0.774. The van der Waals surface area contributed by atoms with Gasteiger partial charge in [0, 0.05) is 6.04 Å². The lowest BCUT2D eigenvalue weighted by atomic mass is 9.84. The van der Waals surface area contributed by atoms with Gasteiger partial charge >= 0.3 is 5.69 Å². The Morgan fingerprint density at radius 1 is 1.43 bits per heavy atom. The van der Waals surface area contributed by atoms with E-state index in [4.69, 9.17) is 0 Å². The van der Waals surface area contributed by atoms with Gasteiger partial charge < -0.3 is 5.32 Å². The van der Waals surface area contributed by atoms with E-state index in [-0.39, 0.29) is 24.2 Å². The molecule has 0 saturated heterocycles. The van der Waals surface area contributed by atoms with Crippen LogP contribution in [0.1, 0.15) is 44.0 Å². The van der Waals surface area contributed by atoms with Crippen molar-refractivity contribution in [3.05, 3.63) is 21.5 Å². The van der Waals surface area contributed by atoms with Crippen molar-refractivity contribution in [3.63, 3.8) is 0 Å². The van der Waals surface area contributed by atoms with E-state index in [1.165, 1.54) is 30.4 Å². The largest absolute Gasteiger partial charge is 0.352 e. The standard InChI is InChI=1S/C16H24N4O3/c1-9(14-7-12-4-5-13(14)6-12)17-15(21)8-19-11(3)16(20(22)23)10(2)18-19/h9,12-14H,4-8H2,1-3H3,(H,17,21). The molecule has 4 atom stereocenters. The van der Waals surface area contributed by atoms with Crippen molar-refractivity contribution in [1.82, 2.24) is 15.1 Å². The second-order valence-electron chi connectivity index (χ2n) is 7.13. The molecule has 0 aliphatic heterocycles. The van der Waals surface area contributed by atoms with Gasteiger partial charge in [0.05, 0.1) is 4.92 Å². The minimum Gasteiger partial charge on any atom is -0.352 e. The first-order valence-corrected chi connectivity index (χ1v) is 8.34. The molecule has 2 bridgehead atoms. The van der Waals surface area contributed by atoms with Gasteiger partial charge in [-0.3, -0.25) is 19.6 Å². The van der Waals surface area contributed by atoms with Crippen LogP contribution in [0.5, 0.6) is 0 Å². The fourth-order valence-electron chi connectivity index (χ4n) is 4.55. The molecule has 126 valence electrons. The predicted molar refractivity (Wildman–Crippen MR) is 84.9 cm³/mol. The monoisotopic (exact) mass is 320 g/mol. The fourth-order valence-corrected chi connectivity index (χ4v) is 4.55. The Morgan fingerprint density at radius 3 is 2.70 bits per heavy atom. The van der Waals surface area contributed by atoms with E-state index in [0.717, 1.165) is 11.8 Å². The van der Waals surface area contributed by atoms with Gasteiger partial charge in [-0.2, -0.15) is 5.10 Å². The van der Waals surface area contributed by atoms with E-state index in [0.29, 0.717) is 17.3 Å². The zero-order valence-corrected chi connectivity index (χ0v) is 13.9. The van der Waals surface area contributed by atoms with Crippen LogP contribution in [0.25, 0.3) is 0 Å². The molecule has 7 nitrogen and oxygen atoms in total. The van der Waals surface area contributed by atoms with Crippen LogP contribution < -0.4 is 5.32 Å². The van der Waals surface area contributed by atoms with Crippen LogP contribution >= 0.6 is 0 Å². The average molecular weight is 320 g/mol. The maximum absolute atomic E-state index is 12.3. The summed E-state index contributed by atoms with van der Waals surface area (Å²) in [4.78, 5) is 22.9.